The first-order chi connectivity index (χ1) is 9.22. The topological polar surface area (TPSA) is 61.6 Å². The summed E-state index contributed by atoms with van der Waals surface area (Å²) in [7, 11) is 0. The van der Waals surface area contributed by atoms with E-state index in [1.165, 1.54) is 0 Å². The van der Waals surface area contributed by atoms with Crippen LogP contribution in [-0.2, 0) is 0 Å². The van der Waals surface area contributed by atoms with Crippen LogP contribution in [0.1, 0.15) is 24.1 Å². The number of benzene rings is 1. The summed E-state index contributed by atoms with van der Waals surface area (Å²) in [4.78, 5) is 0. The maximum atomic E-state index is 8.90. The van der Waals surface area contributed by atoms with Gasteiger partial charge in [-0.3, -0.25) is 0 Å². The fraction of sp³-hybridized carbons (Fsp3) is 0.214. The molecule has 0 saturated heterocycles. The van der Waals surface area contributed by atoms with Crippen LogP contribution in [-0.4, -0.2) is 16.5 Å². The molecule has 4 nitrogen and oxygen atoms in total. The summed E-state index contributed by atoms with van der Waals surface area (Å²) in [5.41, 5.74) is 1.71. The van der Waals surface area contributed by atoms with E-state index in [-0.39, 0.29) is 6.04 Å². The third kappa shape index (κ3) is 3.46. The summed E-state index contributed by atoms with van der Waals surface area (Å²) < 4.78 is 0. The monoisotopic (exact) mass is 270 g/mol. The Bertz CT molecular complexity index is 589. The van der Waals surface area contributed by atoms with Gasteiger partial charge in [0, 0.05) is 0 Å². The third-order valence-corrected chi connectivity index (χ3v) is 3.37. The molecule has 0 spiro atoms. The quantitative estimate of drug-likeness (QED) is 0.864. The molecule has 5 heteroatoms. The predicted octanol–water partition coefficient (Wildman–Crippen LogP) is 3.24. The van der Waals surface area contributed by atoms with Gasteiger partial charge in [0.05, 0.1) is 17.7 Å². The van der Waals surface area contributed by atoms with Crippen molar-refractivity contribution in [1.82, 2.24) is 10.2 Å². The molecule has 19 heavy (non-hydrogen) atoms. The van der Waals surface area contributed by atoms with Crippen LogP contribution in [0.5, 0.6) is 0 Å². The highest BCUT2D eigenvalue weighted by Crippen LogP contribution is 2.19. The molecule has 0 radical (unpaired) electrons. The lowest BCUT2D eigenvalue weighted by molar-refractivity contribution is 0.845. The summed E-state index contributed by atoms with van der Waals surface area (Å²) in [6.07, 6.45) is 1.97. The molecule has 0 saturated carbocycles. The van der Waals surface area contributed by atoms with Gasteiger partial charge in [-0.05, 0) is 43.0 Å². The van der Waals surface area contributed by atoms with Gasteiger partial charge < -0.3 is 5.32 Å². The first-order valence-corrected chi connectivity index (χ1v) is 7.09. The molecule has 0 aliphatic rings. The van der Waals surface area contributed by atoms with Crippen LogP contribution in [0.15, 0.2) is 41.4 Å². The summed E-state index contributed by atoms with van der Waals surface area (Å²) in [5.74, 6) is 0.729. The van der Waals surface area contributed by atoms with Gasteiger partial charge in [-0.15, -0.1) is 22.0 Å². The van der Waals surface area contributed by atoms with Crippen molar-refractivity contribution in [2.45, 2.75) is 18.0 Å². The van der Waals surface area contributed by atoms with Crippen LogP contribution in [0.25, 0.3) is 0 Å². The molecular weight excluding hydrogens is 256 g/mol. The van der Waals surface area contributed by atoms with Crippen molar-refractivity contribution in [3.8, 4) is 6.07 Å². The first-order valence-electron chi connectivity index (χ1n) is 5.87. The molecule has 0 fully saturated rings. The standard InChI is InChI=1S/C14H14N4S/c1-10(12-5-3-4-11(8-12)9-15)16-13-6-7-14(19-2)18-17-13/h3-8,10H,1-2H3,(H,16,17). The Labute approximate surface area is 116 Å². The molecule has 2 aromatic rings. The smallest absolute Gasteiger partial charge is 0.149 e. The molecule has 1 unspecified atom stereocenters. The molecular formula is C14H14N4S. The number of anilines is 1. The molecule has 96 valence electrons. The molecule has 2 rings (SSSR count). The molecule has 1 atom stereocenters. The summed E-state index contributed by atoms with van der Waals surface area (Å²) >= 11 is 1.56. The van der Waals surface area contributed by atoms with E-state index in [0.29, 0.717) is 5.56 Å². The van der Waals surface area contributed by atoms with E-state index < -0.39 is 0 Å². The third-order valence-electron chi connectivity index (χ3n) is 2.73. The number of aromatic nitrogens is 2. The fourth-order valence-corrected chi connectivity index (χ4v) is 2.02. The second-order valence-electron chi connectivity index (χ2n) is 4.06. The molecule has 0 amide bonds. The minimum absolute atomic E-state index is 0.0720. The van der Waals surface area contributed by atoms with Gasteiger partial charge in [-0.2, -0.15) is 5.26 Å². The number of rotatable bonds is 4. The molecule has 0 bridgehead atoms. The van der Waals surface area contributed by atoms with Crippen LogP contribution in [0, 0.1) is 11.3 Å². The minimum Gasteiger partial charge on any atom is -0.362 e. The van der Waals surface area contributed by atoms with Crippen molar-refractivity contribution in [1.29, 1.82) is 5.26 Å². The van der Waals surface area contributed by atoms with Crippen LogP contribution < -0.4 is 5.32 Å². The van der Waals surface area contributed by atoms with Crippen LogP contribution >= 0.6 is 11.8 Å². The lowest BCUT2D eigenvalue weighted by Crippen LogP contribution is -2.08. The molecule has 1 aromatic heterocycles. The number of nitriles is 1. The van der Waals surface area contributed by atoms with E-state index in [4.69, 9.17) is 5.26 Å². The van der Waals surface area contributed by atoms with Crippen molar-refractivity contribution in [2.24, 2.45) is 0 Å². The number of hydrogen-bond donors (Lipinski definition) is 1. The maximum absolute atomic E-state index is 8.90. The first kappa shape index (κ1) is 13.4. The van der Waals surface area contributed by atoms with Crippen molar-refractivity contribution in [3.05, 3.63) is 47.5 Å². The Kier molecular flexibility index (Phi) is 4.37. The van der Waals surface area contributed by atoms with E-state index >= 15 is 0 Å². The average molecular weight is 270 g/mol. The lowest BCUT2D eigenvalue weighted by Gasteiger charge is -2.14. The Morgan fingerprint density at radius 2 is 2.11 bits per heavy atom. The zero-order valence-corrected chi connectivity index (χ0v) is 11.6. The van der Waals surface area contributed by atoms with Crippen molar-refractivity contribution in [2.75, 3.05) is 11.6 Å². The highest BCUT2D eigenvalue weighted by atomic mass is 32.2. The predicted molar refractivity (Wildman–Crippen MR) is 77.0 cm³/mol. The molecule has 1 N–H and O–H groups in total. The summed E-state index contributed by atoms with van der Waals surface area (Å²) in [6.45, 7) is 2.03. The molecule has 0 aliphatic carbocycles. The van der Waals surface area contributed by atoms with E-state index in [1.807, 2.05) is 43.5 Å². The minimum atomic E-state index is 0.0720. The van der Waals surface area contributed by atoms with E-state index in [9.17, 15) is 0 Å². The van der Waals surface area contributed by atoms with Crippen LogP contribution in [0.3, 0.4) is 0 Å². The summed E-state index contributed by atoms with van der Waals surface area (Å²) in [6, 6.07) is 13.6. The SMILES string of the molecule is CSc1ccc(NC(C)c2cccc(C#N)c2)nn1. The Balaban J connectivity index is 2.11. The zero-order chi connectivity index (χ0) is 13.7. The second kappa shape index (κ2) is 6.21. The van der Waals surface area contributed by atoms with Gasteiger partial charge in [0.15, 0.2) is 0 Å². The van der Waals surface area contributed by atoms with E-state index in [0.717, 1.165) is 16.4 Å². The number of hydrogen-bond acceptors (Lipinski definition) is 5. The largest absolute Gasteiger partial charge is 0.362 e. The fourth-order valence-electron chi connectivity index (χ4n) is 1.69. The Morgan fingerprint density at radius 3 is 2.74 bits per heavy atom. The molecule has 0 aliphatic heterocycles. The average Bonchev–Trinajstić information content (AvgIpc) is 2.48. The lowest BCUT2D eigenvalue weighted by atomic mass is 10.1. The summed E-state index contributed by atoms with van der Waals surface area (Å²) in [5, 5.41) is 21.2. The molecule has 1 heterocycles. The van der Waals surface area contributed by atoms with Crippen molar-refractivity contribution < 1.29 is 0 Å². The second-order valence-corrected chi connectivity index (χ2v) is 4.89. The number of nitrogens with one attached hydrogen (secondary N) is 1. The van der Waals surface area contributed by atoms with Crippen molar-refractivity contribution >= 4 is 17.6 Å². The highest BCUT2D eigenvalue weighted by Gasteiger charge is 2.07. The van der Waals surface area contributed by atoms with Gasteiger partial charge in [0.25, 0.3) is 0 Å². The van der Waals surface area contributed by atoms with Crippen LogP contribution in [0.2, 0.25) is 0 Å². The van der Waals surface area contributed by atoms with Crippen LogP contribution in [0.4, 0.5) is 5.82 Å². The zero-order valence-electron chi connectivity index (χ0n) is 10.8. The van der Waals surface area contributed by atoms with Crippen molar-refractivity contribution in [3.63, 3.8) is 0 Å². The van der Waals surface area contributed by atoms with Gasteiger partial charge in [0.2, 0.25) is 0 Å². The van der Waals surface area contributed by atoms with E-state index in [2.05, 4.69) is 21.6 Å². The van der Waals surface area contributed by atoms with Gasteiger partial charge in [-0.25, -0.2) is 0 Å². The molecule has 1 aromatic carbocycles. The van der Waals surface area contributed by atoms with Gasteiger partial charge >= 0.3 is 0 Å². The Hall–Kier alpha value is -2.06. The van der Waals surface area contributed by atoms with Gasteiger partial charge in [0.1, 0.15) is 10.8 Å². The number of nitrogens with zero attached hydrogens (tertiary/aromatic N) is 3. The maximum Gasteiger partial charge on any atom is 0.149 e. The van der Waals surface area contributed by atoms with Gasteiger partial charge in [-0.1, -0.05) is 12.1 Å². The number of thioether (sulfide) groups is 1. The highest BCUT2D eigenvalue weighted by molar-refractivity contribution is 7.98. The normalized spacial score (nSPS) is 11.6. The van der Waals surface area contributed by atoms with E-state index in [1.54, 1.807) is 17.8 Å². The Morgan fingerprint density at radius 1 is 1.26 bits per heavy atom.